The molecule has 0 aliphatic carbocycles. The monoisotopic (exact) mass is 340 g/mol. The summed E-state index contributed by atoms with van der Waals surface area (Å²) in [4.78, 5) is 16.5. The van der Waals surface area contributed by atoms with Crippen LogP contribution in [0.2, 0.25) is 0 Å². The molecule has 1 aromatic carbocycles. The highest BCUT2D eigenvalue weighted by molar-refractivity contribution is 7.13. The molecule has 2 fully saturated rings. The molecule has 2 saturated heterocycles. The molecule has 1 atom stereocenters. The number of thiophene rings is 1. The molecule has 0 spiro atoms. The third kappa shape index (κ3) is 3.01. The number of likely N-dealkylation sites (tertiary alicyclic amines) is 1. The predicted molar refractivity (Wildman–Crippen MR) is 99.2 cm³/mol. The summed E-state index contributed by atoms with van der Waals surface area (Å²) in [7, 11) is 0. The van der Waals surface area contributed by atoms with Crippen molar-refractivity contribution >= 4 is 17.2 Å². The zero-order chi connectivity index (χ0) is 16.4. The number of rotatable bonds is 4. The molecule has 126 valence electrons. The number of nitrogens with one attached hydrogen (secondary N) is 1. The van der Waals surface area contributed by atoms with Crippen molar-refractivity contribution in [2.45, 2.75) is 25.7 Å². The quantitative estimate of drug-likeness (QED) is 0.923. The van der Waals surface area contributed by atoms with E-state index in [0.717, 1.165) is 51.9 Å². The lowest BCUT2D eigenvalue weighted by molar-refractivity contribution is -0.140. The first-order valence-corrected chi connectivity index (χ1v) is 9.78. The second-order valence-electron chi connectivity index (χ2n) is 7.06. The highest BCUT2D eigenvalue weighted by Crippen LogP contribution is 2.34. The molecule has 0 saturated carbocycles. The van der Waals surface area contributed by atoms with Gasteiger partial charge in [0.25, 0.3) is 0 Å². The maximum absolute atomic E-state index is 13.1. The van der Waals surface area contributed by atoms with Crippen molar-refractivity contribution in [2.75, 3.05) is 26.2 Å². The van der Waals surface area contributed by atoms with Crippen LogP contribution in [0.25, 0.3) is 10.4 Å². The molecule has 4 heteroatoms. The van der Waals surface area contributed by atoms with E-state index < -0.39 is 0 Å². The third-order valence-electron chi connectivity index (χ3n) is 5.39. The van der Waals surface area contributed by atoms with Crippen molar-refractivity contribution in [1.82, 2.24) is 10.2 Å². The Balaban J connectivity index is 1.53. The Kier molecular flexibility index (Phi) is 4.42. The van der Waals surface area contributed by atoms with Crippen LogP contribution in [0.4, 0.5) is 0 Å². The van der Waals surface area contributed by atoms with Crippen molar-refractivity contribution < 1.29 is 4.79 Å². The number of hydrogen-bond acceptors (Lipinski definition) is 3. The molecule has 0 bridgehead atoms. The molecule has 1 unspecified atom stereocenters. The van der Waals surface area contributed by atoms with Crippen LogP contribution < -0.4 is 5.32 Å². The lowest BCUT2D eigenvalue weighted by atomic mass is 9.79. The fourth-order valence-corrected chi connectivity index (χ4v) is 4.76. The van der Waals surface area contributed by atoms with Crippen LogP contribution in [-0.4, -0.2) is 37.0 Å². The van der Waals surface area contributed by atoms with Crippen LogP contribution >= 0.6 is 11.3 Å². The maximum Gasteiger partial charge on any atom is 0.230 e. The van der Waals surface area contributed by atoms with Crippen LogP contribution in [0, 0.1) is 5.41 Å². The number of hydrogen-bond donors (Lipinski definition) is 1. The standard InChI is InChI=1S/C20H24N2OS/c23-19(22-11-1-2-12-22)20(9-10-21-15-20)14-16-5-7-17(8-6-16)18-4-3-13-24-18/h3-8,13,21H,1-2,9-12,14-15H2. The Morgan fingerprint density at radius 2 is 1.96 bits per heavy atom. The summed E-state index contributed by atoms with van der Waals surface area (Å²) in [6.45, 7) is 3.65. The fraction of sp³-hybridized carbons (Fsp3) is 0.450. The number of amides is 1. The summed E-state index contributed by atoms with van der Waals surface area (Å²) >= 11 is 1.76. The first kappa shape index (κ1) is 15.9. The number of benzene rings is 1. The molecule has 2 aromatic rings. The minimum atomic E-state index is -0.241. The molecule has 1 N–H and O–H groups in total. The summed E-state index contributed by atoms with van der Waals surface area (Å²) in [6, 6.07) is 13.0. The van der Waals surface area contributed by atoms with Gasteiger partial charge in [0.05, 0.1) is 5.41 Å². The van der Waals surface area contributed by atoms with E-state index in [-0.39, 0.29) is 5.41 Å². The Hall–Kier alpha value is -1.65. The summed E-state index contributed by atoms with van der Waals surface area (Å²) in [5, 5.41) is 5.53. The first-order chi connectivity index (χ1) is 11.8. The number of carbonyl (C=O) groups is 1. The topological polar surface area (TPSA) is 32.3 Å². The summed E-state index contributed by atoms with van der Waals surface area (Å²) < 4.78 is 0. The fourth-order valence-electron chi connectivity index (χ4n) is 4.03. The largest absolute Gasteiger partial charge is 0.342 e. The first-order valence-electron chi connectivity index (χ1n) is 8.90. The minimum Gasteiger partial charge on any atom is -0.342 e. The molecule has 4 rings (SSSR count). The van der Waals surface area contributed by atoms with Crippen LogP contribution in [-0.2, 0) is 11.2 Å². The van der Waals surface area contributed by atoms with Gasteiger partial charge >= 0.3 is 0 Å². The molecular weight excluding hydrogens is 316 g/mol. The Bertz CT molecular complexity index is 681. The van der Waals surface area contributed by atoms with Gasteiger partial charge in [-0.3, -0.25) is 4.79 Å². The van der Waals surface area contributed by atoms with Crippen molar-refractivity contribution in [3.63, 3.8) is 0 Å². The van der Waals surface area contributed by atoms with Gasteiger partial charge in [-0.1, -0.05) is 30.3 Å². The average molecular weight is 340 g/mol. The molecule has 2 aliphatic heterocycles. The molecule has 3 nitrogen and oxygen atoms in total. The van der Waals surface area contributed by atoms with Crippen LogP contribution in [0.3, 0.4) is 0 Å². The molecule has 1 amide bonds. The van der Waals surface area contributed by atoms with E-state index in [1.807, 2.05) is 0 Å². The maximum atomic E-state index is 13.1. The normalized spacial score (nSPS) is 23.8. The van der Waals surface area contributed by atoms with Gasteiger partial charge < -0.3 is 10.2 Å². The molecule has 0 radical (unpaired) electrons. The highest BCUT2D eigenvalue weighted by Gasteiger charge is 2.44. The van der Waals surface area contributed by atoms with Crippen molar-refractivity contribution in [1.29, 1.82) is 0 Å². The van der Waals surface area contributed by atoms with Crippen LogP contribution in [0.5, 0.6) is 0 Å². The lowest BCUT2D eigenvalue weighted by Crippen LogP contribution is -2.45. The molecule has 3 heterocycles. The van der Waals surface area contributed by atoms with Gasteiger partial charge in [0.1, 0.15) is 0 Å². The van der Waals surface area contributed by atoms with Gasteiger partial charge in [-0.05, 0) is 54.8 Å². The van der Waals surface area contributed by atoms with Crippen molar-refractivity contribution in [3.05, 3.63) is 47.3 Å². The van der Waals surface area contributed by atoms with E-state index in [4.69, 9.17) is 0 Å². The van der Waals surface area contributed by atoms with Gasteiger partial charge in [-0.25, -0.2) is 0 Å². The second kappa shape index (κ2) is 6.69. The number of nitrogens with zero attached hydrogens (tertiary/aromatic N) is 1. The Labute approximate surface area is 147 Å². The molecule has 2 aliphatic rings. The van der Waals surface area contributed by atoms with Gasteiger partial charge in [-0.2, -0.15) is 0 Å². The molecular formula is C20H24N2OS. The van der Waals surface area contributed by atoms with Gasteiger partial charge in [0.15, 0.2) is 0 Å². The zero-order valence-electron chi connectivity index (χ0n) is 14.0. The van der Waals surface area contributed by atoms with Crippen molar-refractivity contribution in [3.8, 4) is 10.4 Å². The van der Waals surface area contributed by atoms with Gasteiger partial charge in [-0.15, -0.1) is 11.3 Å². The molecule has 24 heavy (non-hydrogen) atoms. The Morgan fingerprint density at radius 3 is 2.58 bits per heavy atom. The van der Waals surface area contributed by atoms with E-state index in [0.29, 0.717) is 5.91 Å². The SMILES string of the molecule is O=C(N1CCCC1)C1(Cc2ccc(-c3cccs3)cc2)CCNC1. The van der Waals surface area contributed by atoms with Gasteiger partial charge in [0, 0.05) is 24.5 Å². The summed E-state index contributed by atoms with van der Waals surface area (Å²) in [5.41, 5.74) is 2.29. The molecule has 1 aromatic heterocycles. The predicted octanol–water partition coefficient (Wildman–Crippen LogP) is 3.56. The third-order valence-corrected chi connectivity index (χ3v) is 6.31. The zero-order valence-corrected chi connectivity index (χ0v) is 14.8. The smallest absolute Gasteiger partial charge is 0.230 e. The highest BCUT2D eigenvalue weighted by atomic mass is 32.1. The lowest BCUT2D eigenvalue weighted by Gasteiger charge is -2.32. The van der Waals surface area contributed by atoms with E-state index in [1.165, 1.54) is 16.0 Å². The van der Waals surface area contributed by atoms with E-state index in [9.17, 15) is 4.79 Å². The second-order valence-corrected chi connectivity index (χ2v) is 8.01. The van der Waals surface area contributed by atoms with E-state index in [1.54, 1.807) is 11.3 Å². The minimum absolute atomic E-state index is 0.241. The van der Waals surface area contributed by atoms with E-state index >= 15 is 0 Å². The van der Waals surface area contributed by atoms with Crippen LogP contribution in [0.15, 0.2) is 41.8 Å². The number of carbonyl (C=O) groups excluding carboxylic acids is 1. The summed E-state index contributed by atoms with van der Waals surface area (Å²) in [6.07, 6.45) is 4.12. The van der Waals surface area contributed by atoms with Crippen LogP contribution in [0.1, 0.15) is 24.8 Å². The van der Waals surface area contributed by atoms with Gasteiger partial charge in [0.2, 0.25) is 5.91 Å². The average Bonchev–Trinajstić information content (AvgIpc) is 3.37. The van der Waals surface area contributed by atoms with E-state index in [2.05, 4.69) is 52.0 Å². The Morgan fingerprint density at radius 1 is 1.17 bits per heavy atom. The summed E-state index contributed by atoms with van der Waals surface area (Å²) in [5.74, 6) is 0.368. The van der Waals surface area contributed by atoms with Crippen molar-refractivity contribution in [2.24, 2.45) is 5.41 Å².